The average molecular weight is 375 g/mol. The van der Waals surface area contributed by atoms with Crippen LogP contribution in [0.1, 0.15) is 33.6 Å². The van der Waals surface area contributed by atoms with Crippen molar-refractivity contribution in [1.82, 2.24) is 14.1 Å². The first-order valence-corrected chi connectivity index (χ1v) is 10.5. The smallest absolute Gasteiger partial charge is 0.410 e. The first-order chi connectivity index (χ1) is 11.5. The Morgan fingerprint density at radius 3 is 1.88 bits per heavy atom. The fourth-order valence-electron chi connectivity index (χ4n) is 3.13. The molecular formula is C16H29N3O5S. The third-order valence-electron chi connectivity index (χ3n) is 4.52. The molecule has 8 nitrogen and oxygen atoms in total. The lowest BCUT2D eigenvalue weighted by Gasteiger charge is -2.38. The van der Waals surface area contributed by atoms with Crippen LogP contribution in [0.15, 0.2) is 0 Å². The number of carbonyl (C=O) groups is 2. The van der Waals surface area contributed by atoms with Gasteiger partial charge >= 0.3 is 6.09 Å². The molecule has 144 valence electrons. The molecule has 0 unspecified atom stereocenters. The second kappa shape index (κ2) is 7.49. The Labute approximate surface area is 150 Å². The zero-order chi connectivity index (χ0) is 18.8. The maximum Gasteiger partial charge on any atom is 0.410 e. The van der Waals surface area contributed by atoms with E-state index in [1.54, 1.807) is 9.80 Å². The van der Waals surface area contributed by atoms with Gasteiger partial charge in [0.1, 0.15) is 5.60 Å². The summed E-state index contributed by atoms with van der Waals surface area (Å²) in [6.45, 7) is 8.06. The fraction of sp³-hybridized carbons (Fsp3) is 0.875. The summed E-state index contributed by atoms with van der Waals surface area (Å²) < 4.78 is 29.8. The molecule has 2 aliphatic rings. The molecule has 2 aliphatic heterocycles. The summed E-state index contributed by atoms with van der Waals surface area (Å²) in [4.78, 5) is 28.1. The Morgan fingerprint density at radius 1 is 0.920 bits per heavy atom. The average Bonchev–Trinajstić information content (AvgIpc) is 2.52. The van der Waals surface area contributed by atoms with Crippen molar-refractivity contribution in [3.05, 3.63) is 0 Å². The van der Waals surface area contributed by atoms with Crippen LogP contribution in [0.4, 0.5) is 4.79 Å². The van der Waals surface area contributed by atoms with Crippen molar-refractivity contribution in [2.24, 2.45) is 5.92 Å². The standard InChI is InChI=1S/C16H29N3O5S/c1-16(2,3)24-15(21)18-7-5-13(6-8-18)14(20)17-9-11-19(12-10-17)25(4,22)23/h13H,5-12H2,1-4H3. The predicted molar refractivity (Wildman–Crippen MR) is 93.5 cm³/mol. The van der Waals surface area contributed by atoms with Crippen LogP contribution in [0.5, 0.6) is 0 Å². The van der Waals surface area contributed by atoms with Crippen LogP contribution in [-0.2, 0) is 19.6 Å². The number of piperidine rings is 1. The molecule has 0 aromatic rings. The molecule has 2 fully saturated rings. The van der Waals surface area contributed by atoms with E-state index < -0.39 is 15.6 Å². The molecule has 0 atom stereocenters. The van der Waals surface area contributed by atoms with Crippen LogP contribution >= 0.6 is 0 Å². The lowest BCUT2D eigenvalue weighted by atomic mass is 9.95. The van der Waals surface area contributed by atoms with Crippen molar-refractivity contribution in [3.63, 3.8) is 0 Å². The predicted octanol–water partition coefficient (Wildman–Crippen LogP) is 0.737. The highest BCUT2D eigenvalue weighted by atomic mass is 32.2. The van der Waals surface area contributed by atoms with Crippen molar-refractivity contribution in [2.45, 2.75) is 39.2 Å². The highest BCUT2D eigenvalue weighted by Gasteiger charge is 2.34. The number of amides is 2. The second-order valence-corrected chi connectivity index (χ2v) is 9.71. The normalized spacial score (nSPS) is 21.3. The highest BCUT2D eigenvalue weighted by molar-refractivity contribution is 7.88. The monoisotopic (exact) mass is 375 g/mol. The van der Waals surface area contributed by atoms with E-state index in [9.17, 15) is 18.0 Å². The van der Waals surface area contributed by atoms with E-state index in [4.69, 9.17) is 4.74 Å². The Bertz CT molecular complexity index is 598. The van der Waals surface area contributed by atoms with Crippen molar-refractivity contribution in [1.29, 1.82) is 0 Å². The number of rotatable bonds is 2. The maximum absolute atomic E-state index is 12.6. The largest absolute Gasteiger partial charge is 0.444 e. The van der Waals surface area contributed by atoms with Crippen molar-refractivity contribution in [3.8, 4) is 0 Å². The Hall–Kier alpha value is -1.35. The van der Waals surface area contributed by atoms with Gasteiger partial charge in [-0.05, 0) is 33.6 Å². The van der Waals surface area contributed by atoms with E-state index in [2.05, 4.69) is 0 Å². The molecular weight excluding hydrogens is 346 g/mol. The Morgan fingerprint density at radius 2 is 1.44 bits per heavy atom. The minimum atomic E-state index is -3.19. The van der Waals surface area contributed by atoms with E-state index in [-0.39, 0.29) is 17.9 Å². The molecule has 0 spiro atoms. The summed E-state index contributed by atoms with van der Waals surface area (Å²) in [6.07, 6.45) is 2.09. The van der Waals surface area contributed by atoms with Gasteiger partial charge in [-0.1, -0.05) is 0 Å². The maximum atomic E-state index is 12.6. The van der Waals surface area contributed by atoms with Gasteiger partial charge in [-0.2, -0.15) is 4.31 Å². The lowest BCUT2D eigenvalue weighted by molar-refractivity contribution is -0.138. The van der Waals surface area contributed by atoms with Crippen LogP contribution in [0.3, 0.4) is 0 Å². The number of carbonyl (C=O) groups excluding carboxylic acids is 2. The summed E-state index contributed by atoms with van der Waals surface area (Å²) in [5.41, 5.74) is -0.525. The quantitative estimate of drug-likeness (QED) is 0.710. The number of ether oxygens (including phenoxy) is 1. The van der Waals surface area contributed by atoms with Gasteiger partial charge in [0.2, 0.25) is 15.9 Å². The summed E-state index contributed by atoms with van der Waals surface area (Å²) in [6, 6.07) is 0. The van der Waals surface area contributed by atoms with Gasteiger partial charge in [-0.15, -0.1) is 0 Å². The van der Waals surface area contributed by atoms with Crippen LogP contribution in [0, 0.1) is 5.92 Å². The number of piperazine rings is 1. The number of nitrogens with zero attached hydrogens (tertiary/aromatic N) is 3. The van der Waals surface area contributed by atoms with Gasteiger partial charge in [-0.3, -0.25) is 4.79 Å². The van der Waals surface area contributed by atoms with Crippen LogP contribution in [0.2, 0.25) is 0 Å². The summed E-state index contributed by atoms with van der Waals surface area (Å²) in [7, 11) is -3.19. The van der Waals surface area contributed by atoms with Crippen molar-refractivity contribution in [2.75, 3.05) is 45.5 Å². The fourth-order valence-corrected chi connectivity index (χ4v) is 3.96. The minimum absolute atomic E-state index is 0.0667. The van der Waals surface area contributed by atoms with Crippen molar-refractivity contribution >= 4 is 22.0 Å². The molecule has 2 amide bonds. The Kier molecular flexibility index (Phi) is 5.98. The molecule has 2 heterocycles. The first-order valence-electron chi connectivity index (χ1n) is 8.69. The summed E-state index contributed by atoms with van der Waals surface area (Å²) in [5, 5.41) is 0. The molecule has 0 N–H and O–H groups in total. The molecule has 0 saturated carbocycles. The Balaban J connectivity index is 1.81. The lowest BCUT2D eigenvalue weighted by Crippen LogP contribution is -2.53. The van der Waals surface area contributed by atoms with Crippen molar-refractivity contribution < 1.29 is 22.7 Å². The number of sulfonamides is 1. The molecule has 2 rings (SSSR count). The molecule has 9 heteroatoms. The third-order valence-corrected chi connectivity index (χ3v) is 5.82. The first kappa shape index (κ1) is 20.0. The summed E-state index contributed by atoms with van der Waals surface area (Å²) in [5.74, 6) is -0.0412. The molecule has 0 aromatic heterocycles. The number of hydrogen-bond acceptors (Lipinski definition) is 5. The molecule has 25 heavy (non-hydrogen) atoms. The van der Waals surface area contributed by atoms with Crippen LogP contribution < -0.4 is 0 Å². The van der Waals surface area contributed by atoms with Gasteiger partial charge in [-0.25, -0.2) is 13.2 Å². The van der Waals surface area contributed by atoms with Crippen LogP contribution in [0.25, 0.3) is 0 Å². The zero-order valence-electron chi connectivity index (χ0n) is 15.5. The van der Waals surface area contributed by atoms with Gasteiger partial charge in [0.25, 0.3) is 0 Å². The minimum Gasteiger partial charge on any atom is -0.444 e. The van der Waals surface area contributed by atoms with Gasteiger partial charge in [0.05, 0.1) is 6.26 Å². The van der Waals surface area contributed by atoms with E-state index in [0.29, 0.717) is 52.1 Å². The molecule has 2 saturated heterocycles. The molecule has 0 aliphatic carbocycles. The number of hydrogen-bond donors (Lipinski definition) is 0. The zero-order valence-corrected chi connectivity index (χ0v) is 16.3. The van der Waals surface area contributed by atoms with Gasteiger partial charge in [0, 0.05) is 45.2 Å². The molecule has 0 bridgehead atoms. The van der Waals surface area contributed by atoms with E-state index in [0.717, 1.165) is 0 Å². The second-order valence-electron chi connectivity index (χ2n) is 7.73. The summed E-state index contributed by atoms with van der Waals surface area (Å²) >= 11 is 0. The van der Waals surface area contributed by atoms with Crippen LogP contribution in [-0.4, -0.2) is 85.6 Å². The van der Waals surface area contributed by atoms with E-state index in [1.165, 1.54) is 10.6 Å². The topological polar surface area (TPSA) is 87.2 Å². The van der Waals surface area contributed by atoms with Gasteiger partial charge < -0.3 is 14.5 Å². The van der Waals surface area contributed by atoms with E-state index >= 15 is 0 Å². The molecule has 0 aromatic carbocycles. The number of likely N-dealkylation sites (tertiary alicyclic amines) is 1. The SMILES string of the molecule is CC(C)(C)OC(=O)N1CCC(C(=O)N2CCN(S(C)(=O)=O)CC2)CC1. The van der Waals surface area contributed by atoms with Gasteiger partial charge in [0.15, 0.2) is 0 Å². The highest BCUT2D eigenvalue weighted by Crippen LogP contribution is 2.22. The third kappa shape index (κ3) is 5.57. The van der Waals surface area contributed by atoms with E-state index in [1.807, 2.05) is 20.8 Å². The molecule has 0 radical (unpaired) electrons.